The molecule has 1 heterocycles. The van der Waals surface area contributed by atoms with Crippen molar-refractivity contribution in [1.82, 2.24) is 4.57 Å². The Morgan fingerprint density at radius 3 is 2.16 bits per heavy atom. The van der Waals surface area contributed by atoms with Gasteiger partial charge in [0.1, 0.15) is 0 Å². The van der Waals surface area contributed by atoms with Gasteiger partial charge in [-0.15, -0.1) is 0 Å². The lowest BCUT2D eigenvalue weighted by Gasteiger charge is -2.10. The summed E-state index contributed by atoms with van der Waals surface area (Å²) in [5.74, 6) is 0. The molecule has 0 spiro atoms. The maximum absolute atomic E-state index is 11.3. The highest BCUT2D eigenvalue weighted by Crippen LogP contribution is 2.22. The van der Waals surface area contributed by atoms with Crippen LogP contribution in [0.1, 0.15) is 45.4 Å². The summed E-state index contributed by atoms with van der Waals surface area (Å²) in [6, 6.07) is 8.57. The van der Waals surface area contributed by atoms with Crippen molar-refractivity contribution in [2.24, 2.45) is 0 Å². The molecule has 2 heteroatoms. The summed E-state index contributed by atoms with van der Waals surface area (Å²) in [5.41, 5.74) is 6.87. The minimum atomic E-state index is 0.832. The van der Waals surface area contributed by atoms with Gasteiger partial charge >= 0.3 is 0 Å². The largest absolute Gasteiger partial charge is 0.344 e. The second-order valence-electron chi connectivity index (χ2n) is 5.11. The average Bonchev–Trinajstić information content (AvgIpc) is 2.64. The van der Waals surface area contributed by atoms with E-state index in [1.54, 1.807) is 0 Å². The number of aromatic nitrogens is 1. The third-order valence-electron chi connectivity index (χ3n) is 3.89. The molecular formula is C17H21NO. The monoisotopic (exact) mass is 255 g/mol. The summed E-state index contributed by atoms with van der Waals surface area (Å²) in [4.78, 5) is 11.3. The maximum atomic E-state index is 11.3. The molecule has 100 valence electrons. The van der Waals surface area contributed by atoms with Gasteiger partial charge < -0.3 is 4.57 Å². The number of hydrogen-bond acceptors (Lipinski definition) is 1. The van der Waals surface area contributed by atoms with Crippen molar-refractivity contribution in [3.63, 3.8) is 0 Å². The van der Waals surface area contributed by atoms with Gasteiger partial charge in [-0.25, -0.2) is 0 Å². The van der Waals surface area contributed by atoms with Crippen molar-refractivity contribution >= 4 is 6.29 Å². The van der Waals surface area contributed by atoms with E-state index in [0.29, 0.717) is 0 Å². The normalized spacial score (nSPS) is 10.7. The van der Waals surface area contributed by atoms with Gasteiger partial charge in [0, 0.05) is 23.5 Å². The number of carbonyl (C=O) groups is 1. The Morgan fingerprint density at radius 2 is 1.68 bits per heavy atom. The van der Waals surface area contributed by atoms with Crippen LogP contribution in [0.2, 0.25) is 0 Å². The predicted octanol–water partition coefficient (Wildman–Crippen LogP) is 3.84. The van der Waals surface area contributed by atoms with Crippen LogP contribution in [0.5, 0.6) is 0 Å². The molecule has 0 saturated carbocycles. The first-order chi connectivity index (χ1) is 9.08. The molecule has 1 aromatic carbocycles. The second-order valence-corrected chi connectivity index (χ2v) is 5.11. The summed E-state index contributed by atoms with van der Waals surface area (Å²) < 4.78 is 2.24. The third kappa shape index (κ3) is 2.48. The zero-order chi connectivity index (χ0) is 14.0. The van der Waals surface area contributed by atoms with Gasteiger partial charge in [0.25, 0.3) is 0 Å². The van der Waals surface area contributed by atoms with Crippen LogP contribution < -0.4 is 0 Å². The lowest BCUT2D eigenvalue weighted by Crippen LogP contribution is -2.04. The van der Waals surface area contributed by atoms with Crippen molar-refractivity contribution in [2.45, 2.75) is 40.7 Å². The number of benzene rings is 1. The Balaban J connectivity index is 2.43. The summed E-state index contributed by atoms with van der Waals surface area (Å²) in [5, 5.41) is 0. The number of nitrogens with zero attached hydrogens (tertiary/aromatic N) is 1. The minimum absolute atomic E-state index is 0.832. The first kappa shape index (κ1) is 13.6. The van der Waals surface area contributed by atoms with E-state index in [4.69, 9.17) is 0 Å². The quantitative estimate of drug-likeness (QED) is 0.761. The fraction of sp³-hybridized carbons (Fsp3) is 0.353. The zero-order valence-electron chi connectivity index (χ0n) is 12.2. The number of carbonyl (C=O) groups excluding carboxylic acids is 1. The van der Waals surface area contributed by atoms with Crippen LogP contribution in [0.3, 0.4) is 0 Å². The number of aldehydes is 1. The van der Waals surface area contributed by atoms with Gasteiger partial charge in [0.15, 0.2) is 6.29 Å². The fourth-order valence-corrected chi connectivity index (χ4v) is 2.69. The molecule has 0 saturated heterocycles. The molecule has 1 aromatic heterocycles. The molecule has 2 rings (SSSR count). The van der Waals surface area contributed by atoms with Crippen LogP contribution in [-0.2, 0) is 13.0 Å². The standard InChI is InChI=1S/C17H21NO/c1-5-16-13(3)18(14(4)17(16)11-19)10-15-8-6-12(2)7-9-15/h6-9,11H,5,10H2,1-4H3. The molecule has 0 fully saturated rings. The van der Waals surface area contributed by atoms with Crippen LogP contribution in [0, 0.1) is 20.8 Å². The van der Waals surface area contributed by atoms with Crippen molar-refractivity contribution < 1.29 is 4.79 Å². The van der Waals surface area contributed by atoms with E-state index in [0.717, 1.165) is 30.5 Å². The lowest BCUT2D eigenvalue weighted by molar-refractivity contribution is 0.112. The number of rotatable bonds is 4. The van der Waals surface area contributed by atoms with E-state index in [-0.39, 0.29) is 0 Å². The first-order valence-electron chi connectivity index (χ1n) is 6.77. The van der Waals surface area contributed by atoms with Crippen molar-refractivity contribution in [2.75, 3.05) is 0 Å². The van der Waals surface area contributed by atoms with Crippen molar-refractivity contribution in [3.05, 3.63) is 57.9 Å². The van der Waals surface area contributed by atoms with Crippen LogP contribution in [0.15, 0.2) is 24.3 Å². The molecule has 0 atom stereocenters. The second kappa shape index (κ2) is 5.43. The third-order valence-corrected chi connectivity index (χ3v) is 3.89. The predicted molar refractivity (Wildman–Crippen MR) is 79.0 cm³/mol. The molecule has 0 aliphatic rings. The van der Waals surface area contributed by atoms with E-state index in [1.165, 1.54) is 22.4 Å². The van der Waals surface area contributed by atoms with Crippen LogP contribution in [0.4, 0.5) is 0 Å². The zero-order valence-corrected chi connectivity index (χ0v) is 12.2. The number of hydrogen-bond donors (Lipinski definition) is 0. The first-order valence-corrected chi connectivity index (χ1v) is 6.77. The highest BCUT2D eigenvalue weighted by Gasteiger charge is 2.15. The van der Waals surface area contributed by atoms with Gasteiger partial charge in [-0.2, -0.15) is 0 Å². The van der Waals surface area contributed by atoms with E-state index in [2.05, 4.69) is 49.6 Å². The van der Waals surface area contributed by atoms with E-state index >= 15 is 0 Å². The average molecular weight is 255 g/mol. The molecule has 0 aliphatic heterocycles. The van der Waals surface area contributed by atoms with Gasteiger partial charge in [-0.05, 0) is 38.3 Å². The maximum Gasteiger partial charge on any atom is 0.152 e. The molecule has 0 N–H and O–H groups in total. The van der Waals surface area contributed by atoms with E-state index in [9.17, 15) is 4.79 Å². The molecule has 19 heavy (non-hydrogen) atoms. The highest BCUT2D eigenvalue weighted by molar-refractivity contribution is 5.80. The summed E-state index contributed by atoms with van der Waals surface area (Å²) >= 11 is 0. The molecule has 2 nitrogen and oxygen atoms in total. The van der Waals surface area contributed by atoms with Crippen LogP contribution in [-0.4, -0.2) is 10.9 Å². The molecule has 2 aromatic rings. The summed E-state index contributed by atoms with van der Waals surface area (Å²) in [6.45, 7) is 9.16. The molecule has 0 amide bonds. The minimum Gasteiger partial charge on any atom is -0.344 e. The molecule has 0 bridgehead atoms. The molecule has 0 radical (unpaired) electrons. The Hall–Kier alpha value is -1.83. The van der Waals surface area contributed by atoms with Crippen LogP contribution in [0.25, 0.3) is 0 Å². The Kier molecular flexibility index (Phi) is 3.89. The van der Waals surface area contributed by atoms with E-state index < -0.39 is 0 Å². The topological polar surface area (TPSA) is 22.0 Å². The van der Waals surface area contributed by atoms with Gasteiger partial charge in [0.05, 0.1) is 0 Å². The van der Waals surface area contributed by atoms with Crippen LogP contribution >= 0.6 is 0 Å². The fourth-order valence-electron chi connectivity index (χ4n) is 2.69. The Labute approximate surface area is 115 Å². The van der Waals surface area contributed by atoms with Gasteiger partial charge in [-0.1, -0.05) is 36.8 Å². The van der Waals surface area contributed by atoms with Crippen molar-refractivity contribution in [1.29, 1.82) is 0 Å². The van der Waals surface area contributed by atoms with Gasteiger partial charge in [-0.3, -0.25) is 4.79 Å². The lowest BCUT2D eigenvalue weighted by atomic mass is 10.1. The van der Waals surface area contributed by atoms with Crippen molar-refractivity contribution in [3.8, 4) is 0 Å². The number of aryl methyl sites for hydroxylation is 1. The summed E-state index contributed by atoms with van der Waals surface area (Å²) in [7, 11) is 0. The summed E-state index contributed by atoms with van der Waals surface area (Å²) in [6.07, 6.45) is 1.90. The van der Waals surface area contributed by atoms with Gasteiger partial charge in [0.2, 0.25) is 0 Å². The Morgan fingerprint density at radius 1 is 1.05 bits per heavy atom. The molecule has 0 aliphatic carbocycles. The highest BCUT2D eigenvalue weighted by atomic mass is 16.1. The molecule has 0 unspecified atom stereocenters. The smallest absolute Gasteiger partial charge is 0.152 e. The SMILES string of the molecule is CCc1c(C=O)c(C)n(Cc2ccc(C)cc2)c1C. The van der Waals surface area contributed by atoms with E-state index in [1.807, 2.05) is 6.92 Å². The molecular weight excluding hydrogens is 234 g/mol. The Bertz CT molecular complexity index is 591.